The fourth-order valence-corrected chi connectivity index (χ4v) is 6.43. The van der Waals surface area contributed by atoms with Crippen LogP contribution in [0.15, 0.2) is 69.4 Å². The van der Waals surface area contributed by atoms with E-state index in [9.17, 15) is 38.0 Å². The van der Waals surface area contributed by atoms with Crippen LogP contribution in [0, 0.1) is 10.1 Å². The number of hydrogen-bond acceptors (Lipinski definition) is 11. The monoisotopic (exact) mass is 700 g/mol. The van der Waals surface area contributed by atoms with E-state index in [1.165, 1.54) is 16.7 Å². The maximum Gasteiger partial charge on any atom is 0.270 e. The van der Waals surface area contributed by atoms with Crippen LogP contribution in [0.4, 0.5) is 11.4 Å². The zero-order chi connectivity index (χ0) is 35.9. The second-order valence-electron chi connectivity index (χ2n) is 12.0. The summed E-state index contributed by atoms with van der Waals surface area (Å²) in [7, 11) is -3.67. The fourth-order valence-electron chi connectivity index (χ4n) is 6.43. The lowest BCUT2D eigenvalue weighted by Gasteiger charge is -2.27. The van der Waals surface area contributed by atoms with Gasteiger partial charge >= 0.3 is 0 Å². The minimum atomic E-state index is -3.67. The van der Waals surface area contributed by atoms with Crippen molar-refractivity contribution in [2.75, 3.05) is 25.9 Å². The van der Waals surface area contributed by atoms with Crippen LogP contribution < -0.4 is 16.2 Å². The number of carbonyl (C=O) groups excluding carboxylic acids is 2. The quantitative estimate of drug-likeness (QED) is 0.0628. The van der Waals surface area contributed by atoms with E-state index in [1.54, 1.807) is 30.3 Å². The Bertz CT molecular complexity index is 2500. The summed E-state index contributed by atoms with van der Waals surface area (Å²) in [5.41, 5.74) is 0.748. The number of carbonyl (C=O) groups is 2. The fraction of sp³-hybridized carbons (Fsp3) is 0.265. The van der Waals surface area contributed by atoms with Gasteiger partial charge in [0.25, 0.3) is 33.2 Å². The average Bonchev–Trinajstić information content (AvgIpc) is 3.45. The van der Waals surface area contributed by atoms with Gasteiger partial charge in [-0.2, -0.15) is 8.42 Å². The van der Waals surface area contributed by atoms with Crippen LogP contribution in [0.25, 0.3) is 32.3 Å². The molecule has 0 fully saturated rings. The molecule has 258 valence electrons. The molecule has 5 aromatic rings. The summed E-state index contributed by atoms with van der Waals surface area (Å²) in [6.07, 6.45) is 2.52. The highest BCUT2D eigenvalue weighted by Gasteiger charge is 2.34. The lowest BCUT2D eigenvalue weighted by atomic mass is 9.93. The number of non-ortho nitro benzene ring substituents is 1. The van der Waals surface area contributed by atoms with E-state index < -0.39 is 26.9 Å². The third-order valence-corrected chi connectivity index (χ3v) is 8.48. The van der Waals surface area contributed by atoms with E-state index in [0.717, 1.165) is 10.3 Å². The predicted molar refractivity (Wildman–Crippen MR) is 187 cm³/mol. The Morgan fingerprint density at radius 3 is 2.28 bits per heavy atom. The molecule has 0 spiro atoms. The van der Waals surface area contributed by atoms with E-state index in [2.05, 4.69) is 15.3 Å². The number of nitrogens with one attached hydrogen (secondary N) is 1. The number of hydrogen-bond donors (Lipinski definition) is 3. The zero-order valence-corrected chi connectivity index (χ0v) is 27.9. The summed E-state index contributed by atoms with van der Waals surface area (Å²) < 4.78 is 27.3. The van der Waals surface area contributed by atoms with E-state index in [0.29, 0.717) is 94.5 Å². The van der Waals surface area contributed by atoms with Crippen molar-refractivity contribution < 1.29 is 32.6 Å². The molecule has 2 aliphatic heterocycles. The third kappa shape index (κ3) is 6.55. The number of benzene rings is 4. The van der Waals surface area contributed by atoms with Crippen molar-refractivity contribution in [2.24, 2.45) is 9.98 Å². The predicted octanol–water partition coefficient (Wildman–Crippen LogP) is 3.88. The molecule has 0 saturated heterocycles. The Hall–Kier alpha value is -5.58. The van der Waals surface area contributed by atoms with Gasteiger partial charge < -0.3 is 10.4 Å². The van der Waals surface area contributed by atoms with Crippen molar-refractivity contribution >= 4 is 71.5 Å². The number of fused-ring (bicyclic) bond motifs is 2. The molecular weight excluding hydrogens is 668 g/mol. The summed E-state index contributed by atoms with van der Waals surface area (Å²) >= 11 is 0. The molecule has 16 heteroatoms. The normalized spacial score (nSPS) is 13.7. The number of amidine groups is 1. The molecule has 0 atom stereocenters. The summed E-state index contributed by atoms with van der Waals surface area (Å²) in [6.45, 7) is 3.51. The molecule has 0 radical (unpaired) electrons. The summed E-state index contributed by atoms with van der Waals surface area (Å²) in [6, 6.07) is 14.8. The van der Waals surface area contributed by atoms with Gasteiger partial charge in [0.1, 0.15) is 5.84 Å². The van der Waals surface area contributed by atoms with Gasteiger partial charge in [0.05, 0.1) is 27.8 Å². The number of imide groups is 1. The van der Waals surface area contributed by atoms with Crippen LogP contribution in [0.5, 0.6) is 5.88 Å². The highest BCUT2D eigenvalue weighted by atomic mass is 32.2. The molecule has 0 unspecified atom stereocenters. The molecular formula is C34H32N6O9S. The first kappa shape index (κ1) is 34.3. The number of nitro benzene ring substituents is 1. The van der Waals surface area contributed by atoms with Crippen LogP contribution in [0.1, 0.15) is 46.9 Å². The number of nitrogens with zero attached hydrogens (tertiary/aromatic N) is 5. The Balaban J connectivity index is 0.000000808. The van der Waals surface area contributed by atoms with E-state index >= 15 is 0 Å². The molecule has 0 aliphatic carbocycles. The summed E-state index contributed by atoms with van der Waals surface area (Å²) in [5.74, 6) is -0.392. The topological polar surface area (TPSA) is 214 Å². The molecule has 0 bridgehead atoms. The SMILES string of the molecule is CC1=Nc2cc3c(O)n(CCCNCCCCN4C(=O)c5cccc6cc([N+](=O)[O-])cc(c56)C4=O)c(=O)c4cccc(c2=N1)c34.CS(=O)(=O)O. The van der Waals surface area contributed by atoms with Crippen LogP contribution in [-0.2, 0) is 16.7 Å². The molecule has 7 rings (SSSR count). The largest absolute Gasteiger partial charge is 0.494 e. The minimum Gasteiger partial charge on any atom is -0.494 e. The minimum absolute atomic E-state index is 0.0929. The van der Waals surface area contributed by atoms with Gasteiger partial charge in [-0.25, -0.2) is 9.98 Å². The van der Waals surface area contributed by atoms with Crippen LogP contribution in [0.3, 0.4) is 0 Å². The molecule has 15 nitrogen and oxygen atoms in total. The van der Waals surface area contributed by atoms with Crippen molar-refractivity contribution in [1.82, 2.24) is 14.8 Å². The van der Waals surface area contributed by atoms with E-state index in [-0.39, 0.29) is 29.2 Å². The average molecular weight is 701 g/mol. The number of aliphatic imine (C=N–C) groups is 1. The van der Waals surface area contributed by atoms with Crippen LogP contribution >= 0.6 is 0 Å². The van der Waals surface area contributed by atoms with E-state index in [1.807, 2.05) is 19.1 Å². The van der Waals surface area contributed by atoms with Gasteiger partial charge in [0.15, 0.2) is 0 Å². The molecule has 2 amide bonds. The maximum absolute atomic E-state index is 13.3. The number of aromatic nitrogens is 1. The Morgan fingerprint density at radius 2 is 1.54 bits per heavy atom. The van der Waals surface area contributed by atoms with Crippen molar-refractivity contribution in [3.8, 4) is 5.88 Å². The second kappa shape index (κ2) is 13.4. The summed E-state index contributed by atoms with van der Waals surface area (Å²) in [4.78, 5) is 60.7. The molecule has 50 heavy (non-hydrogen) atoms. The Labute approximate surface area is 284 Å². The molecule has 3 heterocycles. The zero-order valence-electron chi connectivity index (χ0n) is 27.0. The number of aromatic hydroxyl groups is 1. The van der Waals surface area contributed by atoms with Crippen molar-refractivity contribution in [1.29, 1.82) is 0 Å². The first-order valence-electron chi connectivity index (χ1n) is 15.7. The second-order valence-corrected chi connectivity index (χ2v) is 13.5. The number of rotatable bonds is 10. The van der Waals surface area contributed by atoms with E-state index in [4.69, 9.17) is 4.55 Å². The standard InChI is InChI=1S/C33H28N6O6.CH4O3S/c1-18-35-26-17-25-28-21(29(26)36-18)8-5-10-23(28)31(41)38(33(25)43)14-6-12-34-11-2-3-13-37-30(40)22-9-4-7-19-15-20(39(44)45)16-24(27(19)22)32(37)42;1-5(2,3)4/h4-5,7-10,15-17,34,43H,2-3,6,11-14H2,1H3;1H3,(H,2,3,4). The number of unbranched alkanes of at least 4 members (excludes halogenated alkanes) is 1. The highest BCUT2D eigenvalue weighted by molar-refractivity contribution is 7.85. The first-order chi connectivity index (χ1) is 23.7. The highest BCUT2D eigenvalue weighted by Crippen LogP contribution is 2.34. The van der Waals surface area contributed by atoms with Crippen LogP contribution in [-0.4, -0.2) is 76.0 Å². The molecule has 1 aromatic heterocycles. The number of amides is 2. The molecule has 2 aliphatic rings. The van der Waals surface area contributed by atoms with Gasteiger partial charge in [0.2, 0.25) is 5.88 Å². The van der Waals surface area contributed by atoms with Gasteiger partial charge in [-0.15, -0.1) is 0 Å². The lowest BCUT2D eigenvalue weighted by molar-refractivity contribution is -0.384. The van der Waals surface area contributed by atoms with Gasteiger partial charge in [-0.3, -0.25) is 38.5 Å². The lowest BCUT2D eigenvalue weighted by Crippen LogP contribution is -2.41. The van der Waals surface area contributed by atoms with Gasteiger partial charge in [-0.05, 0) is 62.9 Å². The third-order valence-electron chi connectivity index (χ3n) is 8.48. The Morgan fingerprint density at radius 1 is 0.860 bits per heavy atom. The van der Waals surface area contributed by atoms with Crippen molar-refractivity contribution in [2.45, 2.75) is 32.7 Å². The maximum atomic E-state index is 13.3. The molecule has 3 N–H and O–H groups in total. The summed E-state index contributed by atoms with van der Waals surface area (Å²) in [5, 5.41) is 30.1. The number of nitro groups is 1. The van der Waals surface area contributed by atoms with Crippen LogP contribution in [0.2, 0.25) is 0 Å². The number of pyridine rings is 1. The molecule has 4 aromatic carbocycles. The van der Waals surface area contributed by atoms with Gasteiger partial charge in [-0.1, -0.05) is 24.3 Å². The smallest absolute Gasteiger partial charge is 0.270 e. The van der Waals surface area contributed by atoms with Crippen molar-refractivity contribution in [3.63, 3.8) is 0 Å². The first-order valence-corrected chi connectivity index (χ1v) is 17.5. The van der Waals surface area contributed by atoms with Crippen molar-refractivity contribution in [3.05, 3.63) is 91.5 Å². The van der Waals surface area contributed by atoms with Gasteiger partial charge in [0, 0.05) is 57.7 Å². The molecule has 0 saturated carbocycles. The Kier molecular flexibility index (Phi) is 9.17.